The lowest BCUT2D eigenvalue weighted by Crippen LogP contribution is -2.14. The normalized spacial score (nSPS) is 11.7. The molecule has 1 N–H and O–H groups in total. The fourth-order valence-corrected chi connectivity index (χ4v) is 4.47. The van der Waals surface area contributed by atoms with Crippen molar-refractivity contribution in [1.82, 2.24) is 9.55 Å². The molecule has 9 nitrogen and oxygen atoms in total. The minimum Gasteiger partial charge on any atom is -0.495 e. The van der Waals surface area contributed by atoms with Crippen LogP contribution in [-0.2, 0) is 17.1 Å². The highest BCUT2D eigenvalue weighted by Crippen LogP contribution is 2.37. The zero-order valence-electron chi connectivity index (χ0n) is 16.1. The van der Waals surface area contributed by atoms with Crippen LogP contribution in [0.15, 0.2) is 50.8 Å². The number of hydrogen-bond donors (Lipinski definition) is 1. The van der Waals surface area contributed by atoms with Crippen LogP contribution < -0.4 is 19.8 Å². The molecule has 2 aromatic carbocycles. The highest BCUT2D eigenvalue weighted by Gasteiger charge is 2.21. The Balaban J connectivity index is 1.85. The van der Waals surface area contributed by atoms with Gasteiger partial charge in [0.1, 0.15) is 17.1 Å². The summed E-state index contributed by atoms with van der Waals surface area (Å²) in [5, 5.41) is 0.653. The molecule has 0 bridgehead atoms. The maximum Gasteiger partial charge on any atom is 0.364 e. The van der Waals surface area contributed by atoms with Crippen LogP contribution in [-0.4, -0.2) is 32.2 Å². The number of methoxy groups -OCH3 is 2. The van der Waals surface area contributed by atoms with Crippen molar-refractivity contribution >= 4 is 49.3 Å². The second-order valence-corrected chi connectivity index (χ2v) is 8.48. The summed E-state index contributed by atoms with van der Waals surface area (Å²) in [6.45, 7) is 0. The van der Waals surface area contributed by atoms with Gasteiger partial charge in [-0.25, -0.2) is 18.2 Å². The van der Waals surface area contributed by atoms with Gasteiger partial charge in [0.05, 0.1) is 41.7 Å². The molecule has 2 heterocycles. The molecular weight excluding hydrogens is 434 g/mol. The molecule has 0 saturated heterocycles. The van der Waals surface area contributed by atoms with Gasteiger partial charge in [0.15, 0.2) is 5.52 Å². The van der Waals surface area contributed by atoms with Crippen LogP contribution >= 0.6 is 11.6 Å². The van der Waals surface area contributed by atoms with Crippen molar-refractivity contribution in [3.63, 3.8) is 0 Å². The molecule has 30 heavy (non-hydrogen) atoms. The van der Waals surface area contributed by atoms with Crippen LogP contribution in [0.1, 0.15) is 0 Å². The van der Waals surface area contributed by atoms with E-state index in [1.165, 1.54) is 50.9 Å². The quantitative estimate of drug-likeness (QED) is 0.465. The van der Waals surface area contributed by atoms with E-state index < -0.39 is 15.6 Å². The number of benzene rings is 2. The predicted molar refractivity (Wildman–Crippen MR) is 112 cm³/mol. The van der Waals surface area contributed by atoms with Gasteiger partial charge in [-0.3, -0.25) is 4.72 Å². The SMILES string of the molecule is COc1cc(OC)c(NS(=O)(=O)c2ccc3oc(=O)c4ncn(C)c4c3c2)cc1Cl. The van der Waals surface area contributed by atoms with Crippen LogP contribution in [0.3, 0.4) is 0 Å². The average molecular weight is 450 g/mol. The molecule has 0 spiro atoms. The van der Waals surface area contributed by atoms with Crippen LogP contribution in [0.25, 0.3) is 22.0 Å². The van der Waals surface area contributed by atoms with Gasteiger partial charge in [-0.15, -0.1) is 0 Å². The minimum absolute atomic E-state index is 0.0413. The van der Waals surface area contributed by atoms with Gasteiger partial charge >= 0.3 is 5.63 Å². The zero-order chi connectivity index (χ0) is 21.6. The maximum absolute atomic E-state index is 13.0. The van der Waals surface area contributed by atoms with Crippen molar-refractivity contribution in [3.8, 4) is 11.5 Å². The number of anilines is 1. The van der Waals surface area contributed by atoms with Crippen LogP contribution in [0.5, 0.6) is 11.5 Å². The molecule has 0 atom stereocenters. The monoisotopic (exact) mass is 449 g/mol. The highest BCUT2D eigenvalue weighted by atomic mass is 35.5. The van der Waals surface area contributed by atoms with E-state index in [9.17, 15) is 13.2 Å². The maximum atomic E-state index is 13.0. The molecular formula is C19H16ClN3O6S. The van der Waals surface area contributed by atoms with Crippen molar-refractivity contribution in [2.24, 2.45) is 7.05 Å². The molecule has 0 fully saturated rings. The molecule has 4 aromatic rings. The molecule has 0 aliphatic carbocycles. The van der Waals surface area contributed by atoms with Gasteiger partial charge in [0.25, 0.3) is 10.0 Å². The predicted octanol–water partition coefficient (Wildman–Crippen LogP) is 3.15. The molecule has 0 saturated carbocycles. The molecule has 11 heteroatoms. The Morgan fingerprint density at radius 2 is 1.87 bits per heavy atom. The smallest absolute Gasteiger partial charge is 0.364 e. The molecule has 4 rings (SSSR count). The number of sulfonamides is 1. The van der Waals surface area contributed by atoms with Crippen molar-refractivity contribution in [1.29, 1.82) is 0 Å². The van der Waals surface area contributed by atoms with Crippen molar-refractivity contribution < 1.29 is 22.3 Å². The Morgan fingerprint density at radius 3 is 2.57 bits per heavy atom. The molecule has 0 unspecified atom stereocenters. The number of nitrogens with one attached hydrogen (secondary N) is 1. The van der Waals surface area contributed by atoms with E-state index in [1.807, 2.05) is 0 Å². The van der Waals surface area contributed by atoms with E-state index in [0.29, 0.717) is 16.7 Å². The number of imidazole rings is 1. The molecule has 156 valence electrons. The van der Waals surface area contributed by atoms with E-state index in [0.717, 1.165) is 0 Å². The first-order chi connectivity index (χ1) is 14.2. The van der Waals surface area contributed by atoms with Crippen molar-refractivity contribution in [2.75, 3.05) is 18.9 Å². The van der Waals surface area contributed by atoms with Crippen molar-refractivity contribution in [2.45, 2.75) is 4.90 Å². The lowest BCUT2D eigenvalue weighted by atomic mass is 10.2. The minimum atomic E-state index is -4.03. The van der Waals surface area contributed by atoms with E-state index in [-0.39, 0.29) is 32.5 Å². The summed E-state index contributed by atoms with van der Waals surface area (Å²) in [7, 11) is 0.521. The highest BCUT2D eigenvalue weighted by molar-refractivity contribution is 7.92. The van der Waals surface area contributed by atoms with E-state index in [4.69, 9.17) is 25.5 Å². The second-order valence-electron chi connectivity index (χ2n) is 6.39. The van der Waals surface area contributed by atoms with Gasteiger partial charge in [-0.2, -0.15) is 0 Å². The molecule has 0 radical (unpaired) electrons. The van der Waals surface area contributed by atoms with E-state index in [2.05, 4.69) is 9.71 Å². The number of ether oxygens (including phenoxy) is 2. The van der Waals surface area contributed by atoms with E-state index >= 15 is 0 Å². The first-order valence-electron chi connectivity index (χ1n) is 8.57. The van der Waals surface area contributed by atoms with Gasteiger partial charge < -0.3 is 18.5 Å². The number of nitrogens with zero attached hydrogens (tertiary/aromatic N) is 2. The standard InChI is InChI=1S/C19H16ClN3O6S/c1-23-9-21-17-18(23)11-6-10(4-5-14(11)29-19(17)24)30(25,26)22-13-7-12(20)15(27-2)8-16(13)28-3/h4-9,22H,1-3H3. The number of halogens is 1. The topological polar surface area (TPSA) is 113 Å². The largest absolute Gasteiger partial charge is 0.495 e. The molecule has 2 aromatic heterocycles. The summed E-state index contributed by atoms with van der Waals surface area (Å²) in [5.74, 6) is 0.580. The number of hydrogen-bond acceptors (Lipinski definition) is 7. The Hall–Kier alpha value is -3.24. The van der Waals surface area contributed by atoms with Crippen LogP contribution in [0, 0.1) is 0 Å². The average Bonchev–Trinajstić information content (AvgIpc) is 3.10. The number of aromatic nitrogens is 2. The summed E-state index contributed by atoms with van der Waals surface area (Å²) in [6.07, 6.45) is 1.46. The van der Waals surface area contributed by atoms with Crippen molar-refractivity contribution in [3.05, 3.63) is 52.1 Å². The second kappa shape index (κ2) is 7.22. The van der Waals surface area contributed by atoms with Gasteiger partial charge in [-0.05, 0) is 24.3 Å². The van der Waals surface area contributed by atoms with Crippen LogP contribution in [0.2, 0.25) is 5.02 Å². The fraction of sp³-hybridized carbons (Fsp3) is 0.158. The molecule has 0 aliphatic heterocycles. The molecule has 0 amide bonds. The summed E-state index contributed by atoms with van der Waals surface area (Å²) >= 11 is 6.13. The third kappa shape index (κ3) is 3.23. The Kier molecular flexibility index (Phi) is 4.83. The summed E-state index contributed by atoms with van der Waals surface area (Å²) in [6, 6.07) is 7.07. The zero-order valence-corrected chi connectivity index (χ0v) is 17.7. The van der Waals surface area contributed by atoms with Crippen LogP contribution in [0.4, 0.5) is 5.69 Å². The third-order valence-electron chi connectivity index (χ3n) is 4.57. The number of fused-ring (bicyclic) bond motifs is 3. The summed E-state index contributed by atoms with van der Waals surface area (Å²) < 4.78 is 45.8. The first kappa shape index (κ1) is 20.0. The Labute approximate surface area is 175 Å². The van der Waals surface area contributed by atoms with Gasteiger partial charge in [-0.1, -0.05) is 11.6 Å². The van der Waals surface area contributed by atoms with Gasteiger partial charge in [0.2, 0.25) is 0 Å². The summed E-state index contributed by atoms with van der Waals surface area (Å²) in [5.41, 5.74) is 0.401. The fourth-order valence-electron chi connectivity index (χ4n) is 3.14. The first-order valence-corrected chi connectivity index (χ1v) is 10.4. The Morgan fingerprint density at radius 1 is 1.13 bits per heavy atom. The summed E-state index contributed by atoms with van der Waals surface area (Å²) in [4.78, 5) is 16.1. The number of rotatable bonds is 5. The molecule has 0 aliphatic rings. The lowest BCUT2D eigenvalue weighted by molar-refractivity contribution is 0.396. The lowest BCUT2D eigenvalue weighted by Gasteiger charge is -2.14. The Bertz CT molecular complexity index is 1460. The third-order valence-corrected chi connectivity index (χ3v) is 6.23. The number of aryl methyl sites for hydroxylation is 1. The van der Waals surface area contributed by atoms with E-state index in [1.54, 1.807) is 11.6 Å². The van der Waals surface area contributed by atoms with Gasteiger partial charge in [0, 0.05) is 18.5 Å².